The van der Waals surface area contributed by atoms with E-state index in [0.29, 0.717) is 16.7 Å². The van der Waals surface area contributed by atoms with Crippen molar-refractivity contribution in [3.63, 3.8) is 0 Å². The molecule has 154 valence electrons. The Morgan fingerprint density at radius 3 is 2.77 bits per heavy atom. The number of aromatic nitrogens is 3. The largest absolute Gasteiger partial charge is 0.497 e. The third-order valence-electron chi connectivity index (χ3n) is 4.66. The van der Waals surface area contributed by atoms with Crippen molar-refractivity contribution >= 4 is 23.5 Å². The molecule has 7 heteroatoms. The number of hydrogen-bond acceptors (Lipinski definition) is 7. The standard InChI is InChI=1S/C23H24N4O2S/c1-3-4-15-30-23-25-22-21(26-27-23)18-7-5-6-8-19(18)24-20(29-22)14-11-16-9-12-17(28-2)13-10-16/h5-14,20,24H,3-4,15H2,1-2H3/b14-11+. The van der Waals surface area contributed by atoms with Gasteiger partial charge in [0.2, 0.25) is 11.0 Å². The first-order chi connectivity index (χ1) is 14.8. The summed E-state index contributed by atoms with van der Waals surface area (Å²) in [5.74, 6) is 2.28. The maximum Gasteiger partial charge on any atom is 0.247 e. The zero-order valence-electron chi connectivity index (χ0n) is 17.0. The molecule has 0 amide bonds. The molecule has 0 spiro atoms. The van der Waals surface area contributed by atoms with Crippen molar-refractivity contribution in [1.82, 2.24) is 15.2 Å². The zero-order chi connectivity index (χ0) is 20.8. The fourth-order valence-corrected chi connectivity index (χ4v) is 3.90. The van der Waals surface area contributed by atoms with E-state index >= 15 is 0 Å². The van der Waals surface area contributed by atoms with Gasteiger partial charge in [0.15, 0.2) is 11.9 Å². The van der Waals surface area contributed by atoms with E-state index in [4.69, 9.17) is 9.47 Å². The van der Waals surface area contributed by atoms with Gasteiger partial charge < -0.3 is 14.8 Å². The Morgan fingerprint density at radius 2 is 1.97 bits per heavy atom. The van der Waals surface area contributed by atoms with Gasteiger partial charge in [-0.15, -0.1) is 10.2 Å². The lowest BCUT2D eigenvalue weighted by atomic mass is 10.1. The molecule has 1 aromatic heterocycles. The van der Waals surface area contributed by atoms with Gasteiger partial charge in [-0.2, -0.15) is 4.98 Å². The Kier molecular flexibility index (Phi) is 6.49. The maximum absolute atomic E-state index is 6.20. The highest BCUT2D eigenvalue weighted by molar-refractivity contribution is 7.99. The van der Waals surface area contributed by atoms with Crippen molar-refractivity contribution in [2.75, 3.05) is 18.2 Å². The highest BCUT2D eigenvalue weighted by Gasteiger charge is 2.23. The van der Waals surface area contributed by atoms with E-state index in [9.17, 15) is 0 Å². The van der Waals surface area contributed by atoms with Gasteiger partial charge in [0.25, 0.3) is 0 Å². The molecular formula is C23H24N4O2S. The van der Waals surface area contributed by atoms with Crippen molar-refractivity contribution < 1.29 is 9.47 Å². The fourth-order valence-electron chi connectivity index (χ4n) is 3.04. The molecule has 3 aromatic rings. The maximum atomic E-state index is 6.20. The van der Waals surface area contributed by atoms with Crippen LogP contribution in [-0.2, 0) is 0 Å². The van der Waals surface area contributed by atoms with Crippen LogP contribution in [0.4, 0.5) is 5.69 Å². The SMILES string of the molecule is CCCCSc1nnc2c(n1)OC(/C=C/c1ccc(OC)cc1)Nc1ccccc1-2. The third kappa shape index (κ3) is 4.74. The molecule has 2 heterocycles. The van der Waals surface area contributed by atoms with Crippen LogP contribution < -0.4 is 14.8 Å². The second-order valence-corrected chi connectivity index (χ2v) is 7.87. The Bertz CT molecular complexity index is 1020. The summed E-state index contributed by atoms with van der Waals surface area (Å²) in [6.07, 6.45) is 5.84. The minimum absolute atomic E-state index is 0.389. The van der Waals surface area contributed by atoms with Gasteiger partial charge >= 0.3 is 0 Å². The first-order valence-electron chi connectivity index (χ1n) is 9.99. The quantitative estimate of drug-likeness (QED) is 0.412. The van der Waals surface area contributed by atoms with Crippen molar-refractivity contribution in [3.05, 3.63) is 60.2 Å². The van der Waals surface area contributed by atoms with Crippen LogP contribution in [0.25, 0.3) is 17.3 Å². The van der Waals surface area contributed by atoms with E-state index in [1.54, 1.807) is 18.9 Å². The smallest absolute Gasteiger partial charge is 0.247 e. The molecule has 0 bridgehead atoms. The minimum Gasteiger partial charge on any atom is -0.497 e. The molecular weight excluding hydrogens is 396 g/mol. The van der Waals surface area contributed by atoms with Crippen LogP contribution in [0, 0.1) is 0 Å². The van der Waals surface area contributed by atoms with Crippen molar-refractivity contribution in [3.8, 4) is 22.9 Å². The van der Waals surface area contributed by atoms with E-state index in [1.165, 1.54) is 0 Å². The predicted molar refractivity (Wildman–Crippen MR) is 121 cm³/mol. The van der Waals surface area contributed by atoms with Crippen molar-refractivity contribution in [1.29, 1.82) is 0 Å². The normalized spacial score (nSPS) is 14.9. The number of nitrogens with zero attached hydrogens (tertiary/aromatic N) is 3. The number of methoxy groups -OCH3 is 1. The van der Waals surface area contributed by atoms with Crippen LogP contribution in [0.3, 0.4) is 0 Å². The summed E-state index contributed by atoms with van der Waals surface area (Å²) in [7, 11) is 1.66. The van der Waals surface area contributed by atoms with Crippen LogP contribution in [0.1, 0.15) is 25.3 Å². The summed E-state index contributed by atoms with van der Waals surface area (Å²) < 4.78 is 11.4. The van der Waals surface area contributed by atoms with Crippen LogP contribution >= 0.6 is 11.8 Å². The number of hydrogen-bond donors (Lipinski definition) is 1. The molecule has 4 rings (SSSR count). The van der Waals surface area contributed by atoms with Gasteiger partial charge in [0.05, 0.1) is 7.11 Å². The summed E-state index contributed by atoms with van der Waals surface area (Å²) in [5.41, 5.74) is 3.56. The van der Waals surface area contributed by atoms with Crippen LogP contribution in [-0.4, -0.2) is 34.3 Å². The molecule has 1 N–H and O–H groups in total. The van der Waals surface area contributed by atoms with Gasteiger partial charge in [0.1, 0.15) is 5.75 Å². The Balaban J connectivity index is 1.61. The van der Waals surface area contributed by atoms with Crippen LogP contribution in [0.15, 0.2) is 59.8 Å². The number of nitrogens with one attached hydrogen (secondary N) is 1. The number of para-hydroxylation sites is 1. The predicted octanol–water partition coefficient (Wildman–Crippen LogP) is 5.28. The number of anilines is 1. The van der Waals surface area contributed by atoms with E-state index in [2.05, 4.69) is 27.4 Å². The average molecular weight is 421 g/mol. The Hall–Kier alpha value is -3.06. The molecule has 2 aromatic carbocycles. The minimum atomic E-state index is -0.389. The van der Waals surface area contributed by atoms with Gasteiger partial charge in [-0.3, -0.25) is 0 Å². The number of unbranched alkanes of at least 4 members (excludes halogenated alkanes) is 1. The molecule has 0 saturated heterocycles. The lowest BCUT2D eigenvalue weighted by molar-refractivity contribution is 0.266. The molecule has 0 fully saturated rings. The molecule has 6 nitrogen and oxygen atoms in total. The molecule has 1 aliphatic rings. The molecule has 0 aliphatic carbocycles. The average Bonchev–Trinajstić information content (AvgIpc) is 2.94. The van der Waals surface area contributed by atoms with Crippen molar-refractivity contribution in [2.24, 2.45) is 0 Å². The lowest BCUT2D eigenvalue weighted by Crippen LogP contribution is -2.23. The van der Waals surface area contributed by atoms with E-state index in [1.807, 2.05) is 60.7 Å². The summed E-state index contributed by atoms with van der Waals surface area (Å²) in [6, 6.07) is 15.8. The highest BCUT2D eigenvalue weighted by Crippen LogP contribution is 2.36. The monoisotopic (exact) mass is 420 g/mol. The molecule has 0 saturated carbocycles. The third-order valence-corrected chi connectivity index (χ3v) is 5.59. The highest BCUT2D eigenvalue weighted by atomic mass is 32.2. The first-order valence-corrected chi connectivity index (χ1v) is 11.0. The number of fused-ring (bicyclic) bond motifs is 3. The Morgan fingerprint density at radius 1 is 1.13 bits per heavy atom. The summed E-state index contributed by atoms with van der Waals surface area (Å²) in [5, 5.41) is 12.8. The number of rotatable bonds is 7. The first kappa shape index (κ1) is 20.2. The molecule has 1 aliphatic heterocycles. The topological polar surface area (TPSA) is 69.2 Å². The molecule has 1 unspecified atom stereocenters. The van der Waals surface area contributed by atoms with Gasteiger partial charge in [-0.05, 0) is 36.3 Å². The lowest BCUT2D eigenvalue weighted by Gasteiger charge is -2.15. The summed E-state index contributed by atoms with van der Waals surface area (Å²) in [6.45, 7) is 2.17. The molecule has 30 heavy (non-hydrogen) atoms. The van der Waals surface area contributed by atoms with E-state index < -0.39 is 0 Å². The van der Waals surface area contributed by atoms with Crippen LogP contribution in [0.5, 0.6) is 11.6 Å². The van der Waals surface area contributed by atoms with Crippen molar-refractivity contribution in [2.45, 2.75) is 31.1 Å². The second kappa shape index (κ2) is 9.63. The van der Waals surface area contributed by atoms with Gasteiger partial charge in [-0.1, -0.05) is 61.5 Å². The van der Waals surface area contributed by atoms with Crippen LogP contribution in [0.2, 0.25) is 0 Å². The summed E-state index contributed by atoms with van der Waals surface area (Å²) >= 11 is 1.61. The second-order valence-electron chi connectivity index (χ2n) is 6.81. The van der Waals surface area contributed by atoms with Gasteiger partial charge in [-0.25, -0.2) is 0 Å². The van der Waals surface area contributed by atoms with E-state index in [-0.39, 0.29) is 6.23 Å². The number of ether oxygens (including phenoxy) is 2. The molecule has 1 atom stereocenters. The Labute approximate surface area is 180 Å². The number of thioether (sulfide) groups is 1. The fraction of sp³-hybridized carbons (Fsp3) is 0.261. The number of benzene rings is 2. The summed E-state index contributed by atoms with van der Waals surface area (Å²) in [4.78, 5) is 4.65. The zero-order valence-corrected chi connectivity index (χ0v) is 17.9. The van der Waals surface area contributed by atoms with E-state index in [0.717, 1.165) is 41.2 Å². The molecule has 0 radical (unpaired) electrons. The van der Waals surface area contributed by atoms with Gasteiger partial charge in [0, 0.05) is 17.0 Å².